The third-order valence-corrected chi connectivity index (χ3v) is 5.56. The fraction of sp³-hybridized carbons (Fsp3) is 0.0769. The van der Waals surface area contributed by atoms with Gasteiger partial charge in [-0.05, 0) is 47.9 Å². The Morgan fingerprint density at radius 3 is 2.43 bits per heavy atom. The number of nitrogen functional groups attached to an aromatic ring is 1. The van der Waals surface area contributed by atoms with E-state index in [0.717, 1.165) is 5.56 Å². The molecule has 174 valence electrons. The van der Waals surface area contributed by atoms with E-state index in [1.54, 1.807) is 6.07 Å². The average Bonchev–Trinajstić information content (AvgIpc) is 3.14. The number of phenolic OH excluding ortho intramolecular Hbond substituents is 2. The number of hydrogen-bond acceptors (Lipinski definition) is 7. The van der Waals surface area contributed by atoms with Gasteiger partial charge in [0.15, 0.2) is 17.1 Å². The number of carbonyl (C=O) groups excluding carboxylic acids is 1. The molecule has 0 bridgehead atoms. The van der Waals surface area contributed by atoms with Crippen molar-refractivity contribution in [1.29, 1.82) is 0 Å². The van der Waals surface area contributed by atoms with Gasteiger partial charge in [0, 0.05) is 6.54 Å². The maximum Gasteiger partial charge on any atom is 0.257 e. The van der Waals surface area contributed by atoms with Crippen molar-refractivity contribution in [3.63, 3.8) is 0 Å². The lowest BCUT2D eigenvalue weighted by molar-refractivity contribution is 0.0956. The topological polar surface area (TPSA) is 139 Å². The van der Waals surface area contributed by atoms with Gasteiger partial charge in [0.1, 0.15) is 16.9 Å². The van der Waals surface area contributed by atoms with Crippen LogP contribution in [0, 0.1) is 0 Å². The predicted molar refractivity (Wildman–Crippen MR) is 135 cm³/mol. The van der Waals surface area contributed by atoms with Crippen LogP contribution in [0.15, 0.2) is 77.9 Å². The van der Waals surface area contributed by atoms with E-state index < -0.39 is 0 Å². The standard InChI is InChI=1S/C26H22N6O3/c27-24-22(26(35)28-13-12-16-6-2-1-3-7-16)23-25(31-19-9-5-4-8-18(19)30-23)32(24)29-15-17-10-11-20(33)21(34)14-17/h1-11,14-15,33-34H,12-13,27H2,(H,28,35)/b29-15-. The molecule has 0 unspecified atom stereocenters. The molecule has 0 spiro atoms. The molecular formula is C26H22N6O3. The van der Waals surface area contributed by atoms with Crippen LogP contribution in [-0.4, -0.2) is 43.5 Å². The molecule has 3 aromatic carbocycles. The lowest BCUT2D eigenvalue weighted by Crippen LogP contribution is -2.26. The Labute approximate surface area is 200 Å². The van der Waals surface area contributed by atoms with E-state index in [2.05, 4.69) is 20.4 Å². The van der Waals surface area contributed by atoms with E-state index in [0.29, 0.717) is 40.7 Å². The lowest BCUT2D eigenvalue weighted by Gasteiger charge is -2.06. The maximum absolute atomic E-state index is 13.2. The number of phenols is 2. The summed E-state index contributed by atoms with van der Waals surface area (Å²) in [6.45, 7) is 0.423. The first kappa shape index (κ1) is 21.9. The van der Waals surface area contributed by atoms with Gasteiger partial charge in [-0.1, -0.05) is 42.5 Å². The highest BCUT2D eigenvalue weighted by molar-refractivity contribution is 6.10. The molecule has 0 aliphatic rings. The van der Waals surface area contributed by atoms with Crippen LogP contribution in [0.2, 0.25) is 0 Å². The summed E-state index contributed by atoms with van der Waals surface area (Å²) in [5.41, 5.74) is 10.1. The number of amides is 1. The summed E-state index contributed by atoms with van der Waals surface area (Å²) in [6, 6.07) is 21.5. The molecule has 0 atom stereocenters. The molecule has 0 saturated heterocycles. The van der Waals surface area contributed by atoms with Gasteiger partial charge in [0.25, 0.3) is 5.91 Å². The minimum Gasteiger partial charge on any atom is -0.504 e. The highest BCUT2D eigenvalue weighted by Crippen LogP contribution is 2.28. The number of para-hydroxylation sites is 2. The zero-order chi connectivity index (χ0) is 24.4. The van der Waals surface area contributed by atoms with Gasteiger partial charge in [0.2, 0.25) is 0 Å². The Kier molecular flexibility index (Phi) is 5.72. The summed E-state index contributed by atoms with van der Waals surface area (Å²) >= 11 is 0. The molecule has 0 radical (unpaired) electrons. The van der Waals surface area contributed by atoms with Crippen LogP contribution in [0.3, 0.4) is 0 Å². The minimum atomic E-state index is -0.371. The third-order valence-electron chi connectivity index (χ3n) is 5.56. The van der Waals surface area contributed by atoms with Crippen LogP contribution in [0.4, 0.5) is 5.82 Å². The van der Waals surface area contributed by atoms with Gasteiger partial charge >= 0.3 is 0 Å². The van der Waals surface area contributed by atoms with Gasteiger partial charge in [-0.25, -0.2) is 9.97 Å². The number of nitrogens with one attached hydrogen (secondary N) is 1. The second kappa shape index (κ2) is 9.14. The number of nitrogens with zero attached hydrogens (tertiary/aromatic N) is 4. The summed E-state index contributed by atoms with van der Waals surface area (Å²) in [5, 5.41) is 26.6. The van der Waals surface area contributed by atoms with Crippen molar-refractivity contribution in [1.82, 2.24) is 20.0 Å². The number of aromatic hydroxyl groups is 2. The third kappa shape index (κ3) is 4.34. The molecule has 2 heterocycles. The quantitative estimate of drug-likeness (QED) is 0.223. The molecule has 9 heteroatoms. The fourth-order valence-corrected chi connectivity index (χ4v) is 3.79. The van der Waals surface area contributed by atoms with E-state index in [1.807, 2.05) is 54.6 Å². The normalized spacial score (nSPS) is 11.4. The van der Waals surface area contributed by atoms with Gasteiger partial charge in [-0.15, -0.1) is 0 Å². The van der Waals surface area contributed by atoms with Crippen molar-refractivity contribution < 1.29 is 15.0 Å². The van der Waals surface area contributed by atoms with E-state index in [-0.39, 0.29) is 28.8 Å². The zero-order valence-electron chi connectivity index (χ0n) is 18.6. The minimum absolute atomic E-state index is 0.0896. The molecule has 5 N–H and O–H groups in total. The number of benzene rings is 3. The van der Waals surface area contributed by atoms with Crippen molar-refractivity contribution in [2.24, 2.45) is 5.10 Å². The van der Waals surface area contributed by atoms with Crippen molar-refractivity contribution >= 4 is 40.1 Å². The first-order valence-corrected chi connectivity index (χ1v) is 11.0. The summed E-state index contributed by atoms with van der Waals surface area (Å²) < 4.78 is 1.35. The molecule has 5 rings (SSSR count). The van der Waals surface area contributed by atoms with Gasteiger partial charge in [0.05, 0.1) is 17.2 Å². The highest BCUT2D eigenvalue weighted by atomic mass is 16.3. The molecule has 35 heavy (non-hydrogen) atoms. The largest absolute Gasteiger partial charge is 0.504 e. The summed E-state index contributed by atoms with van der Waals surface area (Å²) in [7, 11) is 0. The summed E-state index contributed by atoms with van der Waals surface area (Å²) in [4.78, 5) is 22.5. The first-order chi connectivity index (χ1) is 17.0. The Hall–Kier alpha value is -4.92. The van der Waals surface area contributed by atoms with Gasteiger partial charge in [-0.3, -0.25) is 4.79 Å². The fourth-order valence-electron chi connectivity index (χ4n) is 3.79. The molecule has 0 saturated carbocycles. The Morgan fingerprint density at radius 2 is 1.69 bits per heavy atom. The number of rotatable bonds is 6. The predicted octanol–water partition coefficient (Wildman–Crippen LogP) is 3.43. The van der Waals surface area contributed by atoms with Gasteiger partial charge < -0.3 is 21.3 Å². The molecule has 0 aliphatic carbocycles. The summed E-state index contributed by atoms with van der Waals surface area (Å²) in [5.74, 6) is -0.792. The van der Waals surface area contributed by atoms with Crippen LogP contribution in [0.25, 0.3) is 22.2 Å². The van der Waals surface area contributed by atoms with E-state index in [1.165, 1.54) is 23.0 Å². The summed E-state index contributed by atoms with van der Waals surface area (Å²) in [6.07, 6.45) is 2.12. The van der Waals surface area contributed by atoms with Crippen LogP contribution >= 0.6 is 0 Å². The van der Waals surface area contributed by atoms with Crippen molar-refractivity contribution in [3.8, 4) is 11.5 Å². The SMILES string of the molecule is Nc1c(C(=O)NCCc2ccccc2)c2nc3ccccc3nc2n1/N=C\c1ccc(O)c(O)c1. The number of nitrogens with two attached hydrogens (primary N) is 1. The van der Waals surface area contributed by atoms with Crippen LogP contribution < -0.4 is 11.1 Å². The second-order valence-electron chi connectivity index (χ2n) is 7.94. The molecule has 9 nitrogen and oxygen atoms in total. The number of hydrogen-bond donors (Lipinski definition) is 4. The molecule has 0 fully saturated rings. The number of carbonyl (C=O) groups is 1. The number of fused-ring (bicyclic) bond motifs is 2. The molecule has 5 aromatic rings. The number of aromatic nitrogens is 3. The Bertz CT molecular complexity index is 1580. The molecular weight excluding hydrogens is 444 g/mol. The van der Waals surface area contributed by atoms with Crippen molar-refractivity contribution in [2.75, 3.05) is 12.3 Å². The first-order valence-electron chi connectivity index (χ1n) is 11.0. The Morgan fingerprint density at radius 1 is 0.971 bits per heavy atom. The number of anilines is 1. The van der Waals surface area contributed by atoms with E-state index >= 15 is 0 Å². The molecule has 2 aromatic heterocycles. The zero-order valence-corrected chi connectivity index (χ0v) is 18.6. The average molecular weight is 467 g/mol. The highest BCUT2D eigenvalue weighted by Gasteiger charge is 2.24. The van der Waals surface area contributed by atoms with Crippen LogP contribution in [0.1, 0.15) is 21.5 Å². The monoisotopic (exact) mass is 466 g/mol. The van der Waals surface area contributed by atoms with E-state index in [4.69, 9.17) is 5.73 Å². The smallest absolute Gasteiger partial charge is 0.257 e. The second-order valence-corrected chi connectivity index (χ2v) is 7.94. The van der Waals surface area contributed by atoms with E-state index in [9.17, 15) is 15.0 Å². The van der Waals surface area contributed by atoms with Crippen molar-refractivity contribution in [3.05, 3.63) is 89.5 Å². The van der Waals surface area contributed by atoms with Crippen LogP contribution in [0.5, 0.6) is 11.5 Å². The molecule has 1 amide bonds. The van der Waals surface area contributed by atoms with Crippen molar-refractivity contribution in [2.45, 2.75) is 6.42 Å². The lowest BCUT2D eigenvalue weighted by atomic mass is 10.1. The molecule has 0 aliphatic heterocycles. The Balaban J connectivity index is 1.54. The van der Waals surface area contributed by atoms with Crippen LogP contribution in [-0.2, 0) is 6.42 Å². The van der Waals surface area contributed by atoms with Gasteiger partial charge in [-0.2, -0.15) is 9.78 Å². The maximum atomic E-state index is 13.2.